The van der Waals surface area contributed by atoms with Crippen molar-refractivity contribution in [2.24, 2.45) is 0 Å². The molecule has 2 heterocycles. The van der Waals surface area contributed by atoms with E-state index in [-0.39, 0.29) is 0 Å². The van der Waals surface area contributed by atoms with Gasteiger partial charge in [-0.25, -0.2) is 4.98 Å². The number of benzene rings is 2. The van der Waals surface area contributed by atoms with E-state index < -0.39 is 11.7 Å². The lowest BCUT2D eigenvalue weighted by atomic mass is 10.1. The number of fused-ring (bicyclic) bond motifs is 1. The Morgan fingerprint density at radius 2 is 1.55 bits per heavy atom. The molecule has 4 rings (SSSR count). The summed E-state index contributed by atoms with van der Waals surface area (Å²) in [6, 6.07) is 16.9. The zero-order valence-corrected chi connectivity index (χ0v) is 16.0. The molecule has 146 valence electrons. The third-order valence-corrected chi connectivity index (χ3v) is 5.43. The molecule has 0 spiro atoms. The van der Waals surface area contributed by atoms with E-state index in [9.17, 15) is 13.2 Å². The van der Waals surface area contributed by atoms with Crippen LogP contribution >= 0.6 is 11.8 Å². The molecule has 29 heavy (non-hydrogen) atoms. The minimum atomic E-state index is -4.33. The fourth-order valence-corrected chi connectivity index (χ4v) is 3.82. The highest BCUT2D eigenvalue weighted by Crippen LogP contribution is 2.35. The zero-order chi connectivity index (χ0) is 20.3. The van der Waals surface area contributed by atoms with Crippen molar-refractivity contribution in [3.05, 3.63) is 90.4 Å². The van der Waals surface area contributed by atoms with Crippen LogP contribution < -0.4 is 5.32 Å². The molecular formula is C22H16F3N3S. The third-order valence-electron chi connectivity index (χ3n) is 4.38. The predicted octanol–water partition coefficient (Wildman–Crippen LogP) is 6.41. The highest BCUT2D eigenvalue weighted by molar-refractivity contribution is 7.99. The van der Waals surface area contributed by atoms with Crippen molar-refractivity contribution >= 4 is 28.4 Å². The van der Waals surface area contributed by atoms with Crippen LogP contribution in [0.4, 0.5) is 19.0 Å². The molecular weight excluding hydrogens is 395 g/mol. The van der Waals surface area contributed by atoms with E-state index >= 15 is 0 Å². The molecule has 0 bridgehead atoms. The summed E-state index contributed by atoms with van der Waals surface area (Å²) in [6.45, 7) is 0.381. The van der Waals surface area contributed by atoms with Crippen LogP contribution in [-0.2, 0) is 12.7 Å². The Bertz CT molecular complexity index is 1110. The van der Waals surface area contributed by atoms with Crippen molar-refractivity contribution in [1.29, 1.82) is 0 Å². The summed E-state index contributed by atoms with van der Waals surface area (Å²) >= 11 is 1.61. The molecule has 1 N–H and O–H groups in total. The monoisotopic (exact) mass is 411 g/mol. The molecule has 0 radical (unpaired) electrons. The number of hydrogen-bond acceptors (Lipinski definition) is 4. The summed E-state index contributed by atoms with van der Waals surface area (Å²) in [6.07, 6.45) is 0.977. The number of hydrogen-bond donors (Lipinski definition) is 1. The van der Waals surface area contributed by atoms with E-state index in [0.29, 0.717) is 12.4 Å². The van der Waals surface area contributed by atoms with Gasteiger partial charge in [0.05, 0.1) is 5.56 Å². The fraction of sp³-hybridized carbons (Fsp3) is 0.0909. The second-order valence-corrected chi connectivity index (χ2v) is 7.47. The summed E-state index contributed by atoms with van der Waals surface area (Å²) < 4.78 is 38.1. The Kier molecular flexibility index (Phi) is 5.40. The van der Waals surface area contributed by atoms with Gasteiger partial charge >= 0.3 is 6.18 Å². The van der Waals surface area contributed by atoms with Crippen molar-refractivity contribution < 1.29 is 13.2 Å². The quantitative estimate of drug-likeness (QED) is 0.412. The lowest BCUT2D eigenvalue weighted by molar-refractivity contribution is -0.137. The second-order valence-electron chi connectivity index (χ2n) is 6.35. The molecule has 0 aliphatic rings. The van der Waals surface area contributed by atoms with Crippen LogP contribution in [0.3, 0.4) is 0 Å². The molecule has 0 fully saturated rings. The first-order chi connectivity index (χ1) is 14.0. The first-order valence-electron chi connectivity index (χ1n) is 8.86. The highest BCUT2D eigenvalue weighted by atomic mass is 32.2. The molecule has 0 aliphatic heterocycles. The number of pyridine rings is 2. The average Bonchev–Trinajstić information content (AvgIpc) is 2.74. The smallest absolute Gasteiger partial charge is 0.365 e. The fourth-order valence-electron chi connectivity index (χ4n) is 2.92. The number of nitrogens with zero attached hydrogens (tertiary/aromatic N) is 2. The van der Waals surface area contributed by atoms with E-state index in [1.54, 1.807) is 24.2 Å². The van der Waals surface area contributed by atoms with Crippen LogP contribution in [0.2, 0.25) is 0 Å². The maximum absolute atomic E-state index is 12.7. The van der Waals surface area contributed by atoms with Gasteiger partial charge in [0, 0.05) is 45.7 Å². The molecule has 7 heteroatoms. The average molecular weight is 411 g/mol. The molecule has 0 saturated heterocycles. The number of alkyl halides is 3. The molecule has 3 nitrogen and oxygen atoms in total. The van der Waals surface area contributed by atoms with Crippen LogP contribution in [0.5, 0.6) is 0 Å². The Labute approximate surface area is 170 Å². The van der Waals surface area contributed by atoms with Crippen LogP contribution in [0.15, 0.2) is 89.0 Å². The molecule has 2 aromatic heterocycles. The summed E-state index contributed by atoms with van der Waals surface area (Å²) in [4.78, 5) is 10.7. The van der Waals surface area contributed by atoms with Crippen molar-refractivity contribution in [3.8, 4) is 0 Å². The number of nitrogens with one attached hydrogen (secondary N) is 1. The molecule has 0 aliphatic carbocycles. The Morgan fingerprint density at radius 3 is 2.24 bits per heavy atom. The molecule has 0 atom stereocenters. The van der Waals surface area contributed by atoms with Crippen LogP contribution in [0, 0.1) is 0 Å². The van der Waals surface area contributed by atoms with Crippen molar-refractivity contribution in [2.75, 3.05) is 5.32 Å². The first kappa shape index (κ1) is 19.3. The van der Waals surface area contributed by atoms with Gasteiger partial charge in [0.25, 0.3) is 0 Å². The van der Waals surface area contributed by atoms with Crippen molar-refractivity contribution in [1.82, 2.24) is 9.97 Å². The van der Waals surface area contributed by atoms with Gasteiger partial charge in [-0.05, 0) is 29.8 Å². The third kappa shape index (κ3) is 4.51. The van der Waals surface area contributed by atoms with Gasteiger partial charge < -0.3 is 5.32 Å². The molecule has 0 amide bonds. The minimum Gasteiger partial charge on any atom is -0.365 e. The summed E-state index contributed by atoms with van der Waals surface area (Å²) in [7, 11) is 0. The van der Waals surface area contributed by atoms with Gasteiger partial charge in [0.2, 0.25) is 0 Å². The van der Waals surface area contributed by atoms with Gasteiger partial charge in [0.1, 0.15) is 5.82 Å². The molecule has 0 unspecified atom stereocenters. The molecule has 0 saturated carbocycles. The predicted molar refractivity (Wildman–Crippen MR) is 109 cm³/mol. The van der Waals surface area contributed by atoms with Crippen LogP contribution in [0.1, 0.15) is 11.1 Å². The van der Waals surface area contributed by atoms with Crippen molar-refractivity contribution in [3.63, 3.8) is 0 Å². The number of anilines is 1. The number of rotatable bonds is 5. The van der Waals surface area contributed by atoms with E-state index in [2.05, 4.69) is 15.3 Å². The maximum atomic E-state index is 12.7. The van der Waals surface area contributed by atoms with E-state index in [1.807, 2.05) is 42.6 Å². The standard InChI is InChI=1S/C22H16F3N3S/c23-22(24,25)16-7-5-15(6-8-16)13-27-21-19-4-2-1-3-18(19)20(14-28-21)29-17-9-11-26-12-10-17/h1-12,14H,13H2,(H,27,28). The van der Waals surface area contributed by atoms with Gasteiger partial charge in [-0.1, -0.05) is 48.2 Å². The van der Waals surface area contributed by atoms with Gasteiger partial charge in [0.15, 0.2) is 0 Å². The summed E-state index contributed by atoms with van der Waals surface area (Å²) in [5, 5.41) is 5.25. The Hall–Kier alpha value is -3.06. The van der Waals surface area contributed by atoms with E-state index in [0.717, 1.165) is 38.3 Å². The van der Waals surface area contributed by atoms with Crippen molar-refractivity contribution in [2.45, 2.75) is 22.5 Å². The van der Waals surface area contributed by atoms with Gasteiger partial charge in [-0.2, -0.15) is 13.2 Å². The van der Waals surface area contributed by atoms with E-state index in [4.69, 9.17) is 0 Å². The maximum Gasteiger partial charge on any atom is 0.416 e. The van der Waals surface area contributed by atoms with Crippen LogP contribution in [0.25, 0.3) is 10.8 Å². The Balaban J connectivity index is 1.56. The SMILES string of the molecule is FC(F)(F)c1ccc(CNc2ncc(Sc3ccncc3)c3ccccc23)cc1. The molecule has 4 aromatic rings. The second kappa shape index (κ2) is 8.13. The van der Waals surface area contributed by atoms with E-state index in [1.165, 1.54) is 12.1 Å². The van der Waals surface area contributed by atoms with Gasteiger partial charge in [-0.15, -0.1) is 0 Å². The largest absolute Gasteiger partial charge is 0.416 e. The number of aromatic nitrogens is 2. The lowest BCUT2D eigenvalue weighted by Gasteiger charge is -2.13. The summed E-state index contributed by atoms with van der Waals surface area (Å²) in [5.41, 5.74) is 0.0985. The van der Waals surface area contributed by atoms with Crippen LogP contribution in [-0.4, -0.2) is 9.97 Å². The Morgan fingerprint density at radius 1 is 0.862 bits per heavy atom. The molecule has 2 aromatic carbocycles. The first-order valence-corrected chi connectivity index (χ1v) is 9.68. The van der Waals surface area contributed by atoms with Gasteiger partial charge in [-0.3, -0.25) is 4.98 Å². The minimum absolute atomic E-state index is 0.381. The number of halogens is 3. The lowest BCUT2D eigenvalue weighted by Crippen LogP contribution is -2.06. The normalized spacial score (nSPS) is 11.6. The zero-order valence-electron chi connectivity index (χ0n) is 15.1. The highest BCUT2D eigenvalue weighted by Gasteiger charge is 2.29. The topological polar surface area (TPSA) is 37.8 Å². The summed E-state index contributed by atoms with van der Waals surface area (Å²) in [5.74, 6) is 0.694.